The van der Waals surface area contributed by atoms with Gasteiger partial charge in [-0.2, -0.15) is 0 Å². The van der Waals surface area contributed by atoms with Crippen LogP contribution >= 0.6 is 0 Å². The maximum absolute atomic E-state index is 6.10. The molecular weight excluding hydrogens is 248 g/mol. The second-order valence-corrected chi connectivity index (χ2v) is 6.22. The lowest BCUT2D eigenvalue weighted by molar-refractivity contribution is -0.0933. The molecule has 2 heteroatoms. The third-order valence-corrected chi connectivity index (χ3v) is 4.30. The fourth-order valence-electron chi connectivity index (χ4n) is 2.97. The van der Waals surface area contributed by atoms with Gasteiger partial charge in [0.05, 0.1) is 12.2 Å². The maximum Gasteiger partial charge on any atom is 0.0836 e. The highest BCUT2D eigenvalue weighted by Gasteiger charge is 2.26. The third kappa shape index (κ3) is 8.26. The molecule has 0 aromatic carbocycles. The second kappa shape index (κ2) is 12.6. The molecular formula is C18H36O2. The molecule has 0 aromatic heterocycles. The molecule has 120 valence electrons. The van der Waals surface area contributed by atoms with Crippen LogP contribution in [0.4, 0.5) is 0 Å². The van der Waals surface area contributed by atoms with Gasteiger partial charge in [-0.15, -0.1) is 0 Å². The Kier molecular flexibility index (Phi) is 11.4. The first kappa shape index (κ1) is 18.0. The van der Waals surface area contributed by atoms with Crippen LogP contribution in [0.25, 0.3) is 0 Å². The minimum atomic E-state index is 0.372. The molecule has 0 bridgehead atoms. The molecule has 20 heavy (non-hydrogen) atoms. The zero-order valence-electron chi connectivity index (χ0n) is 13.9. The SMILES string of the molecule is CCCCCCO[C@@H]1CCCC[C@H]1OCCCCCC. The zero-order valence-corrected chi connectivity index (χ0v) is 13.9. The minimum absolute atomic E-state index is 0.372. The Labute approximate surface area is 126 Å². The van der Waals surface area contributed by atoms with Gasteiger partial charge in [0, 0.05) is 13.2 Å². The fourth-order valence-corrected chi connectivity index (χ4v) is 2.97. The third-order valence-electron chi connectivity index (χ3n) is 4.30. The van der Waals surface area contributed by atoms with E-state index in [-0.39, 0.29) is 0 Å². The lowest BCUT2D eigenvalue weighted by Crippen LogP contribution is -2.35. The molecule has 0 saturated heterocycles. The fraction of sp³-hybridized carbons (Fsp3) is 1.00. The largest absolute Gasteiger partial charge is 0.376 e. The molecule has 1 aliphatic carbocycles. The van der Waals surface area contributed by atoms with Crippen LogP contribution in [-0.4, -0.2) is 25.4 Å². The van der Waals surface area contributed by atoms with E-state index < -0.39 is 0 Å². The van der Waals surface area contributed by atoms with Gasteiger partial charge in [0.1, 0.15) is 0 Å². The molecule has 2 nitrogen and oxygen atoms in total. The van der Waals surface area contributed by atoms with E-state index in [0.717, 1.165) is 13.2 Å². The predicted molar refractivity (Wildman–Crippen MR) is 86.2 cm³/mol. The van der Waals surface area contributed by atoms with Crippen molar-refractivity contribution in [1.29, 1.82) is 0 Å². The van der Waals surface area contributed by atoms with Gasteiger partial charge in [0.15, 0.2) is 0 Å². The molecule has 0 amide bonds. The molecule has 0 radical (unpaired) electrons. The summed E-state index contributed by atoms with van der Waals surface area (Å²) in [5.74, 6) is 0. The zero-order chi connectivity index (χ0) is 14.5. The molecule has 0 aliphatic heterocycles. The normalized spacial score (nSPS) is 23.1. The van der Waals surface area contributed by atoms with E-state index >= 15 is 0 Å². The number of hydrogen-bond donors (Lipinski definition) is 0. The van der Waals surface area contributed by atoms with E-state index in [1.807, 2.05) is 0 Å². The summed E-state index contributed by atoms with van der Waals surface area (Å²) in [4.78, 5) is 0. The van der Waals surface area contributed by atoms with Crippen molar-refractivity contribution in [3.63, 3.8) is 0 Å². The molecule has 0 unspecified atom stereocenters. The highest BCUT2D eigenvalue weighted by molar-refractivity contribution is 4.76. The highest BCUT2D eigenvalue weighted by atomic mass is 16.5. The molecule has 1 saturated carbocycles. The van der Waals surface area contributed by atoms with Crippen LogP contribution in [0.5, 0.6) is 0 Å². The monoisotopic (exact) mass is 284 g/mol. The minimum Gasteiger partial charge on any atom is -0.376 e. The number of ether oxygens (including phenoxy) is 2. The summed E-state index contributed by atoms with van der Waals surface area (Å²) in [5.41, 5.74) is 0. The van der Waals surface area contributed by atoms with E-state index in [1.54, 1.807) is 0 Å². The van der Waals surface area contributed by atoms with Crippen LogP contribution in [0, 0.1) is 0 Å². The molecule has 0 heterocycles. The van der Waals surface area contributed by atoms with Crippen LogP contribution in [-0.2, 0) is 9.47 Å². The van der Waals surface area contributed by atoms with Gasteiger partial charge in [-0.1, -0.05) is 65.2 Å². The van der Waals surface area contributed by atoms with Crippen molar-refractivity contribution in [1.82, 2.24) is 0 Å². The lowest BCUT2D eigenvalue weighted by Gasteiger charge is -2.31. The Hall–Kier alpha value is -0.0800. The number of hydrogen-bond acceptors (Lipinski definition) is 2. The van der Waals surface area contributed by atoms with Crippen LogP contribution < -0.4 is 0 Å². The number of rotatable bonds is 12. The van der Waals surface area contributed by atoms with Gasteiger partial charge in [0.2, 0.25) is 0 Å². The Morgan fingerprint density at radius 2 is 1.10 bits per heavy atom. The van der Waals surface area contributed by atoms with Crippen LogP contribution in [0.15, 0.2) is 0 Å². The Balaban J connectivity index is 2.10. The summed E-state index contributed by atoms with van der Waals surface area (Å²) in [7, 11) is 0. The van der Waals surface area contributed by atoms with E-state index in [9.17, 15) is 0 Å². The van der Waals surface area contributed by atoms with Gasteiger partial charge in [-0.05, 0) is 25.7 Å². The van der Waals surface area contributed by atoms with Crippen molar-refractivity contribution in [2.45, 2.75) is 103 Å². The Bertz CT molecular complexity index is 184. The topological polar surface area (TPSA) is 18.5 Å². The second-order valence-electron chi connectivity index (χ2n) is 6.22. The van der Waals surface area contributed by atoms with Gasteiger partial charge in [-0.25, -0.2) is 0 Å². The maximum atomic E-state index is 6.10. The van der Waals surface area contributed by atoms with E-state index in [1.165, 1.54) is 77.0 Å². The Morgan fingerprint density at radius 1 is 0.650 bits per heavy atom. The van der Waals surface area contributed by atoms with Gasteiger partial charge in [-0.3, -0.25) is 0 Å². The quantitative estimate of drug-likeness (QED) is 0.441. The summed E-state index contributed by atoms with van der Waals surface area (Å²) >= 11 is 0. The molecule has 1 fully saturated rings. The number of unbranched alkanes of at least 4 members (excludes halogenated alkanes) is 6. The summed E-state index contributed by atoms with van der Waals surface area (Å²) in [6, 6.07) is 0. The van der Waals surface area contributed by atoms with Crippen LogP contribution in [0.1, 0.15) is 90.9 Å². The summed E-state index contributed by atoms with van der Waals surface area (Å²) in [5, 5.41) is 0. The van der Waals surface area contributed by atoms with Crippen molar-refractivity contribution in [3.8, 4) is 0 Å². The van der Waals surface area contributed by atoms with Crippen molar-refractivity contribution in [2.75, 3.05) is 13.2 Å². The average molecular weight is 284 g/mol. The van der Waals surface area contributed by atoms with E-state index in [0.29, 0.717) is 12.2 Å². The lowest BCUT2D eigenvalue weighted by atomic mass is 9.94. The first-order chi connectivity index (χ1) is 9.88. The predicted octanol–water partition coefficient (Wildman–Crippen LogP) is 5.49. The average Bonchev–Trinajstić information content (AvgIpc) is 2.48. The molecule has 1 aliphatic rings. The van der Waals surface area contributed by atoms with Crippen molar-refractivity contribution < 1.29 is 9.47 Å². The highest BCUT2D eigenvalue weighted by Crippen LogP contribution is 2.24. The van der Waals surface area contributed by atoms with Crippen LogP contribution in [0.3, 0.4) is 0 Å². The summed E-state index contributed by atoms with van der Waals surface area (Å²) in [6.45, 7) is 6.37. The first-order valence-corrected chi connectivity index (χ1v) is 9.11. The van der Waals surface area contributed by atoms with Crippen LogP contribution in [0.2, 0.25) is 0 Å². The summed E-state index contributed by atoms with van der Waals surface area (Å²) in [6.07, 6.45) is 16.1. The molecule has 1 rings (SSSR count). The smallest absolute Gasteiger partial charge is 0.0836 e. The van der Waals surface area contributed by atoms with E-state index in [4.69, 9.17) is 9.47 Å². The first-order valence-electron chi connectivity index (χ1n) is 9.11. The van der Waals surface area contributed by atoms with Crippen molar-refractivity contribution in [3.05, 3.63) is 0 Å². The molecule has 0 N–H and O–H groups in total. The molecule has 2 atom stereocenters. The van der Waals surface area contributed by atoms with Gasteiger partial charge in [0.25, 0.3) is 0 Å². The van der Waals surface area contributed by atoms with Gasteiger partial charge >= 0.3 is 0 Å². The van der Waals surface area contributed by atoms with Gasteiger partial charge < -0.3 is 9.47 Å². The van der Waals surface area contributed by atoms with Crippen molar-refractivity contribution >= 4 is 0 Å². The Morgan fingerprint density at radius 3 is 1.50 bits per heavy atom. The van der Waals surface area contributed by atoms with E-state index in [2.05, 4.69) is 13.8 Å². The summed E-state index contributed by atoms with van der Waals surface area (Å²) < 4.78 is 12.2. The van der Waals surface area contributed by atoms with Crippen molar-refractivity contribution in [2.24, 2.45) is 0 Å². The standard InChI is InChI=1S/C18H36O2/c1-3-5-7-11-15-19-17-13-9-10-14-18(17)20-16-12-8-6-4-2/h17-18H,3-16H2,1-2H3/t17-,18-/m1/s1. The molecule has 0 spiro atoms. The molecule has 0 aromatic rings.